The van der Waals surface area contributed by atoms with Crippen molar-refractivity contribution in [2.75, 3.05) is 0 Å². The zero-order valence-electron chi connectivity index (χ0n) is 10.3. The zero-order chi connectivity index (χ0) is 13.2. The van der Waals surface area contributed by atoms with E-state index in [2.05, 4.69) is 28.1 Å². The summed E-state index contributed by atoms with van der Waals surface area (Å²) in [5, 5.41) is 0. The van der Waals surface area contributed by atoms with Crippen LogP contribution < -0.4 is 0 Å². The third-order valence-electron chi connectivity index (χ3n) is 3.40. The molecule has 0 N–H and O–H groups in total. The molecule has 0 saturated carbocycles. The largest absolute Gasteiger partial charge is 0.281 e. The second-order valence-corrected chi connectivity index (χ2v) is 5.60. The van der Waals surface area contributed by atoms with Gasteiger partial charge in [0.1, 0.15) is 5.82 Å². The molecule has 96 valence electrons. The maximum absolute atomic E-state index is 12.9. The summed E-state index contributed by atoms with van der Waals surface area (Å²) in [6, 6.07) is 15.0. The van der Waals surface area contributed by atoms with Crippen molar-refractivity contribution >= 4 is 21.6 Å². The number of aliphatic imine (C=N–C) groups is 1. The second kappa shape index (κ2) is 5.25. The molecule has 19 heavy (non-hydrogen) atoms. The molecule has 1 unspecified atom stereocenters. The predicted octanol–water partition coefficient (Wildman–Crippen LogP) is 4.91. The maximum atomic E-state index is 12.9. The summed E-state index contributed by atoms with van der Waals surface area (Å²) < 4.78 is 14.0. The molecule has 0 aromatic heterocycles. The monoisotopic (exact) mass is 317 g/mol. The lowest BCUT2D eigenvalue weighted by Crippen LogP contribution is -1.94. The van der Waals surface area contributed by atoms with Crippen LogP contribution in [0.25, 0.3) is 0 Å². The summed E-state index contributed by atoms with van der Waals surface area (Å²) in [4.78, 5) is 4.77. The van der Waals surface area contributed by atoms with Crippen LogP contribution >= 0.6 is 15.9 Å². The number of benzene rings is 2. The first-order valence-corrected chi connectivity index (χ1v) is 7.10. The van der Waals surface area contributed by atoms with E-state index in [1.165, 1.54) is 17.7 Å². The highest BCUT2D eigenvalue weighted by Crippen LogP contribution is 2.31. The summed E-state index contributed by atoms with van der Waals surface area (Å²) in [7, 11) is 0. The summed E-state index contributed by atoms with van der Waals surface area (Å²) in [6.07, 6.45) is 1.97. The van der Waals surface area contributed by atoms with Gasteiger partial charge in [0.05, 0.1) is 6.04 Å². The van der Waals surface area contributed by atoms with Crippen LogP contribution in [0.5, 0.6) is 0 Å². The van der Waals surface area contributed by atoms with Gasteiger partial charge in [-0.15, -0.1) is 0 Å². The number of hydrogen-bond donors (Lipinski definition) is 0. The van der Waals surface area contributed by atoms with Gasteiger partial charge in [-0.05, 0) is 48.2 Å². The molecule has 1 atom stereocenters. The summed E-state index contributed by atoms with van der Waals surface area (Å²) in [5.41, 5.74) is 3.41. The van der Waals surface area contributed by atoms with E-state index >= 15 is 0 Å². The highest BCUT2D eigenvalue weighted by Gasteiger charge is 2.19. The van der Waals surface area contributed by atoms with Crippen molar-refractivity contribution in [3.05, 3.63) is 69.9 Å². The number of nitrogens with zero attached hydrogens (tertiary/aromatic N) is 1. The first-order valence-electron chi connectivity index (χ1n) is 6.30. The Kier molecular flexibility index (Phi) is 3.47. The normalized spacial score (nSPS) is 18.4. The Hall–Kier alpha value is -1.48. The molecular formula is C16H13BrFN. The molecule has 1 aliphatic rings. The SMILES string of the molecule is Fc1ccc(C2CCC(c3ccc(Br)cc3)=N2)cc1. The van der Waals surface area contributed by atoms with Gasteiger partial charge >= 0.3 is 0 Å². The standard InChI is InChI=1S/C16H13BrFN/c17-13-5-1-11(2-6-13)15-9-10-16(19-15)12-3-7-14(18)8-4-12/h1-8,16H,9-10H2. The molecule has 0 saturated heterocycles. The Labute approximate surface area is 120 Å². The maximum Gasteiger partial charge on any atom is 0.123 e. The molecular weight excluding hydrogens is 305 g/mol. The van der Waals surface area contributed by atoms with E-state index < -0.39 is 0 Å². The molecule has 1 heterocycles. The number of hydrogen-bond acceptors (Lipinski definition) is 1. The van der Waals surface area contributed by atoms with Crippen molar-refractivity contribution in [3.63, 3.8) is 0 Å². The van der Waals surface area contributed by atoms with Gasteiger partial charge in [0.25, 0.3) is 0 Å². The second-order valence-electron chi connectivity index (χ2n) is 4.69. The average molecular weight is 318 g/mol. The van der Waals surface area contributed by atoms with Gasteiger partial charge in [0.2, 0.25) is 0 Å². The Bertz CT molecular complexity index is 602. The first-order chi connectivity index (χ1) is 9.22. The third-order valence-corrected chi connectivity index (χ3v) is 3.93. The Morgan fingerprint density at radius 3 is 2.37 bits per heavy atom. The van der Waals surface area contributed by atoms with E-state index in [1.54, 1.807) is 0 Å². The minimum Gasteiger partial charge on any atom is -0.281 e. The minimum atomic E-state index is -0.196. The van der Waals surface area contributed by atoms with Crippen LogP contribution in [0.4, 0.5) is 4.39 Å². The van der Waals surface area contributed by atoms with Crippen LogP contribution in [0.2, 0.25) is 0 Å². The van der Waals surface area contributed by atoms with E-state index in [4.69, 9.17) is 4.99 Å². The van der Waals surface area contributed by atoms with Crippen molar-refractivity contribution in [2.45, 2.75) is 18.9 Å². The fraction of sp³-hybridized carbons (Fsp3) is 0.188. The number of rotatable bonds is 2. The summed E-state index contributed by atoms with van der Waals surface area (Å²) >= 11 is 3.43. The van der Waals surface area contributed by atoms with Crippen molar-refractivity contribution in [1.29, 1.82) is 0 Å². The topological polar surface area (TPSA) is 12.4 Å². The zero-order valence-corrected chi connectivity index (χ0v) is 11.9. The smallest absolute Gasteiger partial charge is 0.123 e. The Morgan fingerprint density at radius 2 is 1.68 bits per heavy atom. The van der Waals surface area contributed by atoms with E-state index in [9.17, 15) is 4.39 Å². The average Bonchev–Trinajstić information content (AvgIpc) is 2.90. The molecule has 3 heteroatoms. The molecule has 1 nitrogen and oxygen atoms in total. The Balaban J connectivity index is 1.84. The lowest BCUT2D eigenvalue weighted by Gasteiger charge is -2.05. The van der Waals surface area contributed by atoms with E-state index in [0.717, 1.165) is 28.6 Å². The van der Waals surface area contributed by atoms with E-state index in [1.807, 2.05) is 24.3 Å². The van der Waals surface area contributed by atoms with Crippen LogP contribution in [0.15, 0.2) is 58.0 Å². The molecule has 0 fully saturated rings. The first kappa shape index (κ1) is 12.5. The van der Waals surface area contributed by atoms with Gasteiger partial charge in [-0.1, -0.05) is 40.2 Å². The lowest BCUT2D eigenvalue weighted by atomic mass is 10.0. The molecule has 0 bridgehead atoms. The Morgan fingerprint density at radius 1 is 1.00 bits per heavy atom. The van der Waals surface area contributed by atoms with Crippen molar-refractivity contribution in [1.82, 2.24) is 0 Å². The molecule has 0 aliphatic carbocycles. The lowest BCUT2D eigenvalue weighted by molar-refractivity contribution is 0.624. The highest BCUT2D eigenvalue weighted by atomic mass is 79.9. The molecule has 0 spiro atoms. The minimum absolute atomic E-state index is 0.166. The van der Waals surface area contributed by atoms with Gasteiger partial charge in [-0.2, -0.15) is 0 Å². The third kappa shape index (κ3) is 2.76. The van der Waals surface area contributed by atoms with Gasteiger partial charge < -0.3 is 0 Å². The summed E-state index contributed by atoms with van der Waals surface area (Å²) in [6.45, 7) is 0. The van der Waals surface area contributed by atoms with Crippen LogP contribution in [-0.4, -0.2) is 5.71 Å². The predicted molar refractivity (Wildman–Crippen MR) is 79.1 cm³/mol. The number of halogens is 2. The van der Waals surface area contributed by atoms with E-state index in [0.29, 0.717) is 0 Å². The quantitative estimate of drug-likeness (QED) is 0.746. The van der Waals surface area contributed by atoms with Gasteiger partial charge in [-0.25, -0.2) is 4.39 Å². The molecule has 3 rings (SSSR count). The molecule has 1 aliphatic heterocycles. The fourth-order valence-corrected chi connectivity index (χ4v) is 2.64. The van der Waals surface area contributed by atoms with Crippen LogP contribution in [0.3, 0.4) is 0 Å². The highest BCUT2D eigenvalue weighted by molar-refractivity contribution is 9.10. The van der Waals surface area contributed by atoms with Gasteiger partial charge in [0, 0.05) is 10.2 Å². The van der Waals surface area contributed by atoms with Crippen molar-refractivity contribution < 1.29 is 4.39 Å². The van der Waals surface area contributed by atoms with Gasteiger partial charge in [-0.3, -0.25) is 4.99 Å². The molecule has 0 radical (unpaired) electrons. The fourth-order valence-electron chi connectivity index (χ4n) is 2.38. The van der Waals surface area contributed by atoms with Gasteiger partial charge in [0.15, 0.2) is 0 Å². The molecule has 2 aromatic rings. The van der Waals surface area contributed by atoms with E-state index in [-0.39, 0.29) is 11.9 Å². The summed E-state index contributed by atoms with van der Waals surface area (Å²) in [5.74, 6) is -0.196. The molecule has 2 aromatic carbocycles. The van der Waals surface area contributed by atoms with Crippen molar-refractivity contribution in [3.8, 4) is 0 Å². The van der Waals surface area contributed by atoms with Crippen LogP contribution in [0.1, 0.15) is 30.0 Å². The molecule has 0 amide bonds. The van der Waals surface area contributed by atoms with Crippen LogP contribution in [-0.2, 0) is 0 Å². The van der Waals surface area contributed by atoms with Crippen LogP contribution in [0, 0.1) is 5.82 Å². The van der Waals surface area contributed by atoms with Crippen molar-refractivity contribution in [2.24, 2.45) is 4.99 Å².